The number of aliphatic hydroxyl groups excluding tert-OH is 1. The molecule has 4 aliphatic heterocycles. The number of oxime groups is 1. The van der Waals surface area contributed by atoms with Gasteiger partial charge in [-0.25, -0.2) is 9.59 Å². The van der Waals surface area contributed by atoms with Crippen LogP contribution in [0.3, 0.4) is 0 Å². The number of carbonyl (C=O) groups excluding carboxylic acids is 3. The number of nitrogens with one attached hydrogen (secondary N) is 1. The number of esters is 2. The number of cyclic esters (lactones) is 1. The van der Waals surface area contributed by atoms with E-state index in [1.807, 2.05) is 32.0 Å². The highest BCUT2D eigenvalue weighted by Crippen LogP contribution is 2.44. The first-order valence-electron chi connectivity index (χ1n) is 27.6. The number of aromatic nitrogens is 1. The largest absolute Gasteiger partial charge is 0.509 e. The second kappa shape index (κ2) is 25.9. The number of aromatic carboxylic acids is 1. The van der Waals surface area contributed by atoms with E-state index in [0.29, 0.717) is 43.3 Å². The fourth-order valence-electron chi connectivity index (χ4n) is 12.4. The molecule has 0 amide bonds. The molecule has 0 radical (unpaired) electrons. The number of rotatable bonds is 17. The highest BCUT2D eigenvalue weighted by molar-refractivity contribution is 5.93. The number of hydrogen-bond donors (Lipinski definition) is 5. The van der Waals surface area contributed by atoms with E-state index >= 15 is 0 Å². The fourth-order valence-corrected chi connectivity index (χ4v) is 12.4. The molecule has 1 aromatic heterocycles. The monoisotopic (exact) mass is 1120 g/mol. The van der Waals surface area contributed by atoms with Crippen LogP contribution in [0.15, 0.2) is 34.3 Å². The summed E-state index contributed by atoms with van der Waals surface area (Å²) in [7, 11) is 8.68. The molecule has 23 nitrogen and oxygen atoms in total. The number of nitrogens with zero attached hydrogens (tertiary/aromatic N) is 4. The van der Waals surface area contributed by atoms with Gasteiger partial charge in [-0.05, 0) is 112 Å². The van der Waals surface area contributed by atoms with Crippen LogP contribution >= 0.6 is 0 Å². The van der Waals surface area contributed by atoms with Gasteiger partial charge in [-0.15, -0.1) is 0 Å². The van der Waals surface area contributed by atoms with Gasteiger partial charge in [-0.1, -0.05) is 38.9 Å². The van der Waals surface area contributed by atoms with Crippen molar-refractivity contribution in [3.05, 3.63) is 45.7 Å². The molecule has 0 bridgehead atoms. The number of methoxy groups -OCH3 is 1. The topological polar surface area (TPSA) is 285 Å². The summed E-state index contributed by atoms with van der Waals surface area (Å²) in [6.07, 6.45) is -7.94. The summed E-state index contributed by atoms with van der Waals surface area (Å²) in [4.78, 5) is 68.0. The smallest absolute Gasteiger partial charge is 0.477 e. The summed E-state index contributed by atoms with van der Waals surface area (Å²) in [5.41, 5.74) is -3.80. The molecule has 1 aromatic carbocycles. The Morgan fingerprint density at radius 1 is 0.937 bits per heavy atom. The van der Waals surface area contributed by atoms with Gasteiger partial charge >= 0.3 is 24.1 Å². The average molecular weight is 1120 g/mol. The number of benzene rings is 1. The van der Waals surface area contributed by atoms with Crippen LogP contribution in [0.2, 0.25) is 0 Å². The Labute approximate surface area is 463 Å². The van der Waals surface area contributed by atoms with Crippen molar-refractivity contribution in [3.63, 3.8) is 0 Å². The van der Waals surface area contributed by atoms with Gasteiger partial charge in [0.05, 0.1) is 53.6 Å². The minimum Gasteiger partial charge on any atom is -0.477 e. The molecule has 0 aliphatic carbocycles. The first-order valence-corrected chi connectivity index (χ1v) is 27.6. The van der Waals surface area contributed by atoms with E-state index in [9.17, 15) is 44.5 Å². The van der Waals surface area contributed by atoms with E-state index < -0.39 is 125 Å². The minimum atomic E-state index is -1.83. The van der Waals surface area contributed by atoms with Crippen molar-refractivity contribution < 1.29 is 82.3 Å². The summed E-state index contributed by atoms with van der Waals surface area (Å²) in [6, 6.07) is 5.05. The van der Waals surface area contributed by atoms with Gasteiger partial charge in [0.2, 0.25) is 5.43 Å². The molecule has 0 unspecified atom stereocenters. The molecule has 79 heavy (non-hydrogen) atoms. The molecule has 5 N–H and O–H groups in total. The van der Waals surface area contributed by atoms with Crippen molar-refractivity contribution in [2.45, 2.75) is 198 Å². The lowest BCUT2D eigenvalue weighted by molar-refractivity contribution is -0.318. The lowest BCUT2D eigenvalue weighted by atomic mass is 9.73. The van der Waals surface area contributed by atoms with Gasteiger partial charge in [0, 0.05) is 69.5 Å². The zero-order valence-electron chi connectivity index (χ0n) is 48.6. The molecule has 0 spiro atoms. The number of carboxylic acid groups (broad SMARTS) is 1. The quantitative estimate of drug-likeness (QED) is 0.0476. The molecule has 4 fully saturated rings. The summed E-state index contributed by atoms with van der Waals surface area (Å²) in [5, 5.41) is 53.8. The number of carbonyl (C=O) groups is 4. The van der Waals surface area contributed by atoms with Crippen LogP contribution in [-0.2, 0) is 58.6 Å². The zero-order valence-corrected chi connectivity index (χ0v) is 48.6. The highest BCUT2D eigenvalue weighted by atomic mass is 16.8. The Hall–Kier alpha value is -4.98. The first-order chi connectivity index (χ1) is 37.0. The van der Waals surface area contributed by atoms with Crippen molar-refractivity contribution in [2.24, 2.45) is 28.8 Å². The third-order valence-electron chi connectivity index (χ3n) is 16.7. The number of aryl methyl sites for hydroxylation is 1. The number of aliphatic hydroxyl groups is 2. The van der Waals surface area contributed by atoms with Gasteiger partial charge in [-0.3, -0.25) is 19.1 Å². The van der Waals surface area contributed by atoms with Crippen molar-refractivity contribution in [3.8, 4) is 0 Å². The molecule has 23 heteroatoms. The fraction of sp³-hybridized carbons (Fsp3) is 0.750. The van der Waals surface area contributed by atoms with Gasteiger partial charge < -0.3 is 78.4 Å². The zero-order chi connectivity index (χ0) is 58.6. The molecular weight excluding hydrogens is 1030 g/mol. The minimum absolute atomic E-state index is 0.00860. The number of pyridine rings is 1. The van der Waals surface area contributed by atoms with Crippen LogP contribution in [0.25, 0.3) is 10.9 Å². The number of hydrogen-bond acceptors (Lipinski definition) is 21. The van der Waals surface area contributed by atoms with Crippen LogP contribution in [0.5, 0.6) is 0 Å². The standard InChI is InChI=1S/C56H87N5O18/c1-16-40-56(10)48(78-53(68)79-56)31(4)43(58-70)29(2)26-54(8,69)47(77-52-45(64)39(59(11)12)24-30(3)72-52)32(5)46(33(6)51(67)74-40)76-42-27-55(9,71-15)49(34(7)73-42)75-41(62)21-23-57-22-17-18-35-19-20-38-36(25-35)44(63)37(50(65)66)28-61(38)60(13)14/h19-20,25,28-34,39-40,42,45-49,52,57,64,69-70H,16-18,21-24,26-27H2,1-15H3,(H,65,66)/b58-43+/t29-,30-,31+,32+,33-,34+,39+,40-,42+,45-,46+,47-,48-,49+,52+,54-,55-,56-/m1/s1. The molecule has 6 rings (SSSR count). The summed E-state index contributed by atoms with van der Waals surface area (Å²) < 4.78 is 58.1. The average Bonchev–Trinajstić information content (AvgIpc) is 3.76. The molecule has 4 aliphatic rings. The van der Waals surface area contributed by atoms with E-state index in [1.54, 1.807) is 98.2 Å². The molecular formula is C56H87N5O18. The van der Waals surface area contributed by atoms with Crippen molar-refractivity contribution in [2.75, 3.05) is 53.4 Å². The van der Waals surface area contributed by atoms with Gasteiger partial charge in [0.25, 0.3) is 0 Å². The van der Waals surface area contributed by atoms with Crippen LogP contribution in [0, 0.1) is 23.7 Å². The molecule has 4 saturated heterocycles. The van der Waals surface area contributed by atoms with E-state index in [4.69, 9.17) is 42.6 Å². The van der Waals surface area contributed by atoms with Crippen molar-refractivity contribution >= 4 is 40.7 Å². The van der Waals surface area contributed by atoms with E-state index in [1.165, 1.54) is 13.3 Å². The molecule has 0 saturated carbocycles. The molecule has 18 atom stereocenters. The molecule has 5 heterocycles. The highest BCUT2D eigenvalue weighted by Gasteiger charge is 2.59. The van der Waals surface area contributed by atoms with Crippen LogP contribution < -0.4 is 15.8 Å². The normalized spacial score (nSPS) is 37.2. The number of fused-ring (bicyclic) bond motifs is 2. The summed E-state index contributed by atoms with van der Waals surface area (Å²) >= 11 is 0. The Morgan fingerprint density at radius 3 is 2.25 bits per heavy atom. The van der Waals surface area contributed by atoms with Gasteiger partial charge in [-0.2, -0.15) is 0 Å². The van der Waals surface area contributed by atoms with Gasteiger partial charge in [0.15, 0.2) is 30.4 Å². The maximum atomic E-state index is 14.8. The van der Waals surface area contributed by atoms with Crippen LogP contribution in [0.4, 0.5) is 4.79 Å². The molecule has 444 valence electrons. The van der Waals surface area contributed by atoms with Gasteiger partial charge in [0.1, 0.15) is 23.4 Å². The Balaban J connectivity index is 1.20. The van der Waals surface area contributed by atoms with E-state index in [2.05, 4.69) is 10.5 Å². The van der Waals surface area contributed by atoms with Crippen molar-refractivity contribution in [1.82, 2.24) is 14.9 Å². The van der Waals surface area contributed by atoms with E-state index in [-0.39, 0.29) is 49.1 Å². The van der Waals surface area contributed by atoms with Crippen LogP contribution in [0.1, 0.15) is 124 Å². The first kappa shape index (κ1) is 63.2. The van der Waals surface area contributed by atoms with E-state index in [0.717, 1.165) is 5.56 Å². The number of ether oxygens (including phenoxy) is 9. The Kier molecular flexibility index (Phi) is 20.7. The van der Waals surface area contributed by atoms with Crippen LogP contribution in [-0.4, -0.2) is 193 Å². The number of carboxylic acids is 1. The second-order valence-electron chi connectivity index (χ2n) is 23.3. The second-order valence-corrected chi connectivity index (χ2v) is 23.3. The summed E-state index contributed by atoms with van der Waals surface area (Å²) in [5.74, 6) is -6.07. The SMILES string of the molecule is CC[C@H]1OC(=O)[C@H](C)[C@@H](O[C@H]2C[C@@](C)(OC)[C@@H](OC(=O)CCNCCCc3ccc4c(c3)c(=O)c(C(=O)O)cn4N(C)C)[C@H](C)O2)[C@H](C)[C@@H](O[C@@H]2O[C@H](C)C[C@H](N(C)C)[C@H]2O)[C@](C)(O)C[C@@H](C)/C(=N\O)[C@H](C)[C@H]2OC(=O)O[C@@]21C. The third-order valence-corrected chi connectivity index (χ3v) is 16.7. The maximum absolute atomic E-state index is 14.8. The number of likely N-dealkylation sites (N-methyl/N-ethyl adjacent to an activating group) is 1. The Morgan fingerprint density at radius 2 is 1.63 bits per heavy atom. The maximum Gasteiger partial charge on any atom is 0.509 e. The molecule has 2 aromatic rings. The lowest BCUT2D eigenvalue weighted by Gasteiger charge is -2.49. The predicted molar refractivity (Wildman–Crippen MR) is 289 cm³/mol. The van der Waals surface area contributed by atoms with Crippen molar-refractivity contribution in [1.29, 1.82) is 0 Å². The predicted octanol–water partition coefficient (Wildman–Crippen LogP) is 4.60. The Bertz CT molecular complexity index is 2560. The lowest BCUT2D eigenvalue weighted by Crippen LogP contribution is -2.61. The summed E-state index contributed by atoms with van der Waals surface area (Å²) in [6.45, 7) is 18.0. The third kappa shape index (κ3) is 13.9.